The summed E-state index contributed by atoms with van der Waals surface area (Å²) in [6, 6.07) is 0.757. The maximum Gasteiger partial charge on any atom is 0.262 e. The van der Waals surface area contributed by atoms with Crippen molar-refractivity contribution in [3.63, 3.8) is 0 Å². The molecule has 0 saturated carbocycles. The largest absolute Gasteiger partial charge is 0.360 e. The molecular formula is C14H18F2N4O2. The van der Waals surface area contributed by atoms with E-state index in [-0.39, 0.29) is 17.6 Å². The molecule has 3 N–H and O–H groups in total. The van der Waals surface area contributed by atoms with Crippen molar-refractivity contribution >= 4 is 17.4 Å². The second-order valence-corrected chi connectivity index (χ2v) is 6.23. The maximum absolute atomic E-state index is 13.9. The Balaban J connectivity index is 2.51. The quantitative estimate of drug-likeness (QED) is 0.597. The highest BCUT2D eigenvalue weighted by atomic mass is 19.1. The molecule has 2 aromatic rings. The Hall–Kier alpha value is -2.22. The summed E-state index contributed by atoms with van der Waals surface area (Å²) in [4.78, 5) is 15.4. The number of hydrogen-bond acceptors (Lipinski definition) is 4. The fourth-order valence-corrected chi connectivity index (χ4v) is 2.14. The molecule has 0 spiro atoms. The van der Waals surface area contributed by atoms with Crippen LogP contribution in [0.2, 0.25) is 0 Å². The fraction of sp³-hybridized carbons (Fsp3) is 0.429. The number of hydrogen-bond donors (Lipinski definition) is 3. The molecule has 0 aliphatic rings. The number of fused-ring (bicyclic) bond motifs is 1. The highest BCUT2D eigenvalue weighted by Crippen LogP contribution is 2.27. The number of imidazole rings is 1. The summed E-state index contributed by atoms with van der Waals surface area (Å²) in [6.07, 6.45) is 1.59. The third-order valence-electron chi connectivity index (χ3n) is 2.95. The number of pyridine rings is 1. The van der Waals surface area contributed by atoms with E-state index in [0.717, 1.165) is 12.3 Å². The first-order valence-corrected chi connectivity index (χ1v) is 6.74. The van der Waals surface area contributed by atoms with Crippen LogP contribution in [0.4, 0.5) is 14.6 Å². The minimum Gasteiger partial charge on any atom is -0.360 e. The Morgan fingerprint density at radius 3 is 2.68 bits per heavy atom. The van der Waals surface area contributed by atoms with Crippen LogP contribution in [0.15, 0.2) is 12.3 Å². The van der Waals surface area contributed by atoms with Gasteiger partial charge in [-0.05, 0) is 11.8 Å². The molecule has 0 aromatic carbocycles. The Bertz CT molecular complexity index is 707. The lowest BCUT2D eigenvalue weighted by Gasteiger charge is -2.17. The summed E-state index contributed by atoms with van der Waals surface area (Å²) >= 11 is 0. The number of anilines is 1. The van der Waals surface area contributed by atoms with E-state index in [4.69, 9.17) is 5.21 Å². The van der Waals surface area contributed by atoms with E-state index in [9.17, 15) is 13.6 Å². The van der Waals surface area contributed by atoms with E-state index in [1.807, 2.05) is 20.8 Å². The third kappa shape index (κ3) is 3.51. The smallest absolute Gasteiger partial charge is 0.262 e. The first-order chi connectivity index (χ1) is 10.2. The lowest BCUT2D eigenvalue weighted by Crippen LogP contribution is -2.27. The molecule has 2 rings (SSSR count). The number of halogens is 2. The van der Waals surface area contributed by atoms with Crippen LogP contribution in [0.25, 0.3) is 5.65 Å². The van der Waals surface area contributed by atoms with Gasteiger partial charge in [-0.1, -0.05) is 20.8 Å². The summed E-state index contributed by atoms with van der Waals surface area (Å²) < 4.78 is 28.6. The maximum atomic E-state index is 13.9. The van der Waals surface area contributed by atoms with E-state index in [2.05, 4.69) is 10.3 Å². The summed E-state index contributed by atoms with van der Waals surface area (Å²) in [5.41, 5.74) is 1.85. The zero-order valence-electron chi connectivity index (χ0n) is 12.6. The highest BCUT2D eigenvalue weighted by molar-refractivity contribution is 5.79. The van der Waals surface area contributed by atoms with Gasteiger partial charge in [-0.3, -0.25) is 14.4 Å². The molecule has 0 atom stereocenters. The van der Waals surface area contributed by atoms with E-state index >= 15 is 0 Å². The zero-order chi connectivity index (χ0) is 16.5. The van der Waals surface area contributed by atoms with Crippen molar-refractivity contribution in [2.75, 3.05) is 11.9 Å². The molecule has 120 valence electrons. The van der Waals surface area contributed by atoms with Gasteiger partial charge in [-0.25, -0.2) is 19.2 Å². The van der Waals surface area contributed by atoms with Gasteiger partial charge >= 0.3 is 0 Å². The molecule has 1 amide bonds. The minimum absolute atomic E-state index is 0.0208. The van der Waals surface area contributed by atoms with E-state index in [0.29, 0.717) is 17.9 Å². The van der Waals surface area contributed by atoms with Crippen LogP contribution in [0.3, 0.4) is 0 Å². The van der Waals surface area contributed by atoms with Crippen molar-refractivity contribution in [2.24, 2.45) is 5.41 Å². The van der Waals surface area contributed by atoms with Crippen molar-refractivity contribution in [1.29, 1.82) is 0 Å². The molecule has 0 bridgehead atoms. The Morgan fingerprint density at radius 1 is 1.41 bits per heavy atom. The Kier molecular flexibility index (Phi) is 4.32. The van der Waals surface area contributed by atoms with Gasteiger partial charge < -0.3 is 5.32 Å². The number of carbonyl (C=O) groups excluding carboxylic acids is 1. The van der Waals surface area contributed by atoms with Crippen molar-refractivity contribution in [1.82, 2.24) is 14.9 Å². The molecule has 22 heavy (non-hydrogen) atoms. The average Bonchev–Trinajstić information content (AvgIpc) is 2.72. The number of nitrogens with one attached hydrogen (secondary N) is 2. The lowest BCUT2D eigenvalue weighted by molar-refractivity contribution is -0.127. The first kappa shape index (κ1) is 16.2. The van der Waals surface area contributed by atoms with Gasteiger partial charge in [-0.15, -0.1) is 0 Å². The molecule has 2 heterocycles. The third-order valence-corrected chi connectivity index (χ3v) is 2.95. The molecule has 2 aromatic heterocycles. The second kappa shape index (κ2) is 5.88. The average molecular weight is 312 g/mol. The van der Waals surface area contributed by atoms with Crippen molar-refractivity contribution in [2.45, 2.75) is 27.2 Å². The number of nitrogens with zero attached hydrogens (tertiary/aromatic N) is 2. The van der Waals surface area contributed by atoms with Gasteiger partial charge in [0.25, 0.3) is 5.91 Å². The van der Waals surface area contributed by atoms with Gasteiger partial charge in [0.05, 0.1) is 12.2 Å². The van der Waals surface area contributed by atoms with Gasteiger partial charge in [0.2, 0.25) is 0 Å². The summed E-state index contributed by atoms with van der Waals surface area (Å²) in [6.45, 7) is 5.70. The molecule has 8 heteroatoms. The molecule has 0 aliphatic heterocycles. The number of rotatable bonds is 4. The van der Waals surface area contributed by atoms with Crippen molar-refractivity contribution in [3.8, 4) is 0 Å². The topological polar surface area (TPSA) is 78.7 Å². The van der Waals surface area contributed by atoms with Gasteiger partial charge in [0.1, 0.15) is 11.6 Å². The minimum atomic E-state index is -0.783. The molecule has 0 fully saturated rings. The van der Waals surface area contributed by atoms with Gasteiger partial charge in [0, 0.05) is 12.3 Å². The zero-order valence-corrected chi connectivity index (χ0v) is 12.6. The van der Waals surface area contributed by atoms with Crippen LogP contribution >= 0.6 is 0 Å². The monoisotopic (exact) mass is 312 g/mol. The van der Waals surface area contributed by atoms with Crippen LogP contribution in [0.5, 0.6) is 0 Å². The van der Waals surface area contributed by atoms with Crippen LogP contribution < -0.4 is 10.8 Å². The number of amides is 1. The number of hydroxylamine groups is 1. The molecule has 6 nitrogen and oxygen atoms in total. The second-order valence-electron chi connectivity index (χ2n) is 6.23. The molecular weight excluding hydrogens is 294 g/mol. The van der Waals surface area contributed by atoms with Crippen molar-refractivity contribution < 1.29 is 18.8 Å². The van der Waals surface area contributed by atoms with E-state index < -0.39 is 17.5 Å². The first-order valence-electron chi connectivity index (χ1n) is 6.74. The van der Waals surface area contributed by atoms with Crippen LogP contribution in [0, 0.1) is 17.0 Å². The van der Waals surface area contributed by atoms with Crippen molar-refractivity contribution in [3.05, 3.63) is 29.6 Å². The Labute approximate surface area is 126 Å². The molecule has 0 unspecified atom stereocenters. The lowest BCUT2D eigenvalue weighted by atomic mass is 9.90. The Morgan fingerprint density at radius 2 is 2.09 bits per heavy atom. The van der Waals surface area contributed by atoms with Crippen LogP contribution in [-0.4, -0.2) is 27.0 Å². The summed E-state index contributed by atoms with van der Waals surface area (Å²) in [7, 11) is 0. The standard InChI is InChI=1S/C14H18F2N4O2/c1-14(2,3)5-10-13(17-6-11(21)19-22)20-7-8(15)4-9(16)12(20)18-10/h4,7,17,22H,5-6H2,1-3H3,(H,19,21). The number of carbonyl (C=O) groups is 1. The fourth-order valence-electron chi connectivity index (χ4n) is 2.14. The number of aromatic nitrogens is 2. The molecule has 0 aliphatic carbocycles. The summed E-state index contributed by atoms with van der Waals surface area (Å²) in [5.74, 6) is -1.88. The van der Waals surface area contributed by atoms with Gasteiger partial charge in [-0.2, -0.15) is 0 Å². The highest BCUT2D eigenvalue weighted by Gasteiger charge is 2.21. The predicted octanol–water partition coefficient (Wildman–Crippen LogP) is 2.12. The van der Waals surface area contributed by atoms with Gasteiger partial charge in [0.15, 0.2) is 11.5 Å². The molecule has 0 radical (unpaired) electrons. The molecule has 0 saturated heterocycles. The SMILES string of the molecule is CC(C)(C)Cc1nc2c(F)cc(F)cn2c1NCC(=O)NO. The van der Waals surface area contributed by atoms with E-state index in [1.165, 1.54) is 9.88 Å². The predicted molar refractivity (Wildman–Crippen MR) is 76.7 cm³/mol. The van der Waals surface area contributed by atoms with Crippen LogP contribution in [-0.2, 0) is 11.2 Å². The van der Waals surface area contributed by atoms with E-state index in [1.54, 1.807) is 0 Å². The van der Waals surface area contributed by atoms with Crippen LogP contribution in [0.1, 0.15) is 26.5 Å². The summed E-state index contributed by atoms with van der Waals surface area (Å²) in [5, 5.41) is 11.3. The normalized spacial score (nSPS) is 11.7.